The zero-order valence-corrected chi connectivity index (χ0v) is 9.65. The van der Waals surface area contributed by atoms with E-state index >= 15 is 0 Å². The number of rotatable bonds is 3. The molecule has 1 fully saturated rings. The number of alkyl halides is 2. The number of hydrogen-bond donors (Lipinski definition) is 0. The van der Waals surface area contributed by atoms with Crippen molar-refractivity contribution in [3.05, 3.63) is 29.8 Å². The Kier molecular flexibility index (Phi) is 3.02. The van der Waals surface area contributed by atoms with Gasteiger partial charge >= 0.3 is 11.9 Å². The molecule has 96 valence electrons. The summed E-state index contributed by atoms with van der Waals surface area (Å²) in [6, 6.07) is 6.50. The molecule has 0 atom stereocenters. The molecule has 0 bridgehead atoms. The van der Waals surface area contributed by atoms with E-state index in [2.05, 4.69) is 0 Å². The average Bonchev–Trinajstić information content (AvgIpc) is 2.33. The number of nitrogens with zero attached hydrogens (tertiary/aromatic N) is 1. The molecule has 0 aromatic heterocycles. The third kappa shape index (κ3) is 2.18. The third-order valence-electron chi connectivity index (χ3n) is 2.63. The first-order chi connectivity index (χ1) is 8.42. The smallest absolute Gasteiger partial charge is 0.342 e. The molecule has 1 aromatic rings. The molecule has 1 saturated heterocycles. The van der Waals surface area contributed by atoms with Crippen LogP contribution in [0, 0.1) is 0 Å². The van der Waals surface area contributed by atoms with Gasteiger partial charge in [0.2, 0.25) is 0 Å². The molecule has 0 aliphatic carbocycles. The molecule has 18 heavy (non-hydrogen) atoms. The topological polar surface area (TPSA) is 46.6 Å². The molecule has 0 radical (unpaired) electrons. The Balaban J connectivity index is 2.19. The van der Waals surface area contributed by atoms with Crippen molar-refractivity contribution in [3.8, 4) is 0 Å². The zero-order chi connectivity index (χ0) is 13.3. The van der Waals surface area contributed by atoms with Crippen LogP contribution in [0.25, 0.3) is 0 Å². The second kappa shape index (κ2) is 4.36. The van der Waals surface area contributed by atoms with Gasteiger partial charge in [0.1, 0.15) is 6.61 Å². The van der Waals surface area contributed by atoms with Gasteiger partial charge in [-0.25, -0.2) is 0 Å². The lowest BCUT2D eigenvalue weighted by Crippen LogP contribution is -2.62. The highest BCUT2D eigenvalue weighted by atomic mass is 19.3. The molecule has 0 saturated carbocycles. The van der Waals surface area contributed by atoms with Crippen LogP contribution in [0.5, 0.6) is 0 Å². The number of amides is 1. The summed E-state index contributed by atoms with van der Waals surface area (Å²) in [4.78, 5) is 23.0. The van der Waals surface area contributed by atoms with Gasteiger partial charge in [-0.3, -0.25) is 9.59 Å². The van der Waals surface area contributed by atoms with Crippen molar-refractivity contribution in [2.24, 2.45) is 0 Å². The summed E-state index contributed by atoms with van der Waals surface area (Å²) in [6.07, 6.45) is 0. The van der Waals surface area contributed by atoms with Gasteiger partial charge in [0, 0.05) is 12.5 Å². The van der Waals surface area contributed by atoms with Crippen LogP contribution in [0.3, 0.4) is 0 Å². The highest BCUT2D eigenvalue weighted by molar-refractivity contribution is 6.05. The van der Waals surface area contributed by atoms with E-state index in [-0.39, 0.29) is 6.61 Å². The van der Waals surface area contributed by atoms with Gasteiger partial charge in [0.25, 0.3) is 5.91 Å². The number of ether oxygens (including phenoxy) is 1. The normalized spacial score (nSPS) is 17.3. The predicted molar refractivity (Wildman–Crippen MR) is 59.2 cm³/mol. The number of carbonyl (C=O) groups excluding carboxylic acids is 2. The molecule has 1 aliphatic rings. The van der Waals surface area contributed by atoms with Crippen LogP contribution in [0.4, 0.5) is 14.5 Å². The average molecular weight is 255 g/mol. The van der Waals surface area contributed by atoms with Crippen LogP contribution in [0.2, 0.25) is 0 Å². The lowest BCUT2D eigenvalue weighted by atomic mass is 10.1. The predicted octanol–water partition coefficient (Wildman–Crippen LogP) is 1.73. The monoisotopic (exact) mass is 255 g/mol. The van der Waals surface area contributed by atoms with Crippen LogP contribution in [-0.4, -0.2) is 24.3 Å². The summed E-state index contributed by atoms with van der Waals surface area (Å²) in [5.41, 5.74) is 0.881. The number of β-lactam (4-membered cyclic amide) rings is 1. The molecule has 0 spiro atoms. The number of carbonyl (C=O) groups is 2. The maximum absolute atomic E-state index is 12.8. The first-order valence-corrected chi connectivity index (χ1v) is 5.33. The lowest BCUT2D eigenvalue weighted by molar-refractivity contribution is -0.152. The number of esters is 1. The molecule has 4 nitrogen and oxygen atoms in total. The second-order valence-corrected chi connectivity index (χ2v) is 4.00. The Morgan fingerprint density at radius 2 is 2.11 bits per heavy atom. The fraction of sp³-hybridized carbons (Fsp3) is 0.333. The number of anilines is 1. The molecular formula is C12H11F2NO3. The van der Waals surface area contributed by atoms with E-state index in [0.29, 0.717) is 11.3 Å². The van der Waals surface area contributed by atoms with Gasteiger partial charge in [0.05, 0.1) is 12.2 Å². The standard InChI is InChI=1S/C12H11F2NO3/c1-8(16)18-6-9-4-2-3-5-10(9)15-7-12(13,14)11(15)17/h2-5H,6-7H2,1H3. The fourth-order valence-electron chi connectivity index (χ4n) is 1.71. The third-order valence-corrected chi connectivity index (χ3v) is 2.63. The Hall–Kier alpha value is -1.98. The second-order valence-electron chi connectivity index (χ2n) is 4.00. The summed E-state index contributed by atoms with van der Waals surface area (Å²) in [5, 5.41) is 0. The minimum atomic E-state index is -3.28. The Morgan fingerprint density at radius 1 is 1.44 bits per heavy atom. The highest BCUT2D eigenvalue weighted by Gasteiger charge is 2.55. The van der Waals surface area contributed by atoms with Gasteiger partial charge in [-0.05, 0) is 6.07 Å². The van der Waals surface area contributed by atoms with Crippen LogP contribution in [0.15, 0.2) is 24.3 Å². The molecule has 2 rings (SSSR count). The fourth-order valence-corrected chi connectivity index (χ4v) is 1.71. The Bertz CT molecular complexity index is 502. The highest BCUT2D eigenvalue weighted by Crippen LogP contribution is 2.35. The quantitative estimate of drug-likeness (QED) is 0.610. The SMILES string of the molecule is CC(=O)OCc1ccccc1N1CC(F)(F)C1=O. The summed E-state index contributed by atoms with van der Waals surface area (Å²) in [6.45, 7) is 0.579. The lowest BCUT2D eigenvalue weighted by Gasteiger charge is -2.38. The Morgan fingerprint density at radius 3 is 2.67 bits per heavy atom. The van der Waals surface area contributed by atoms with Crippen molar-refractivity contribution in [3.63, 3.8) is 0 Å². The van der Waals surface area contributed by atoms with Crippen LogP contribution in [0.1, 0.15) is 12.5 Å². The minimum Gasteiger partial charge on any atom is -0.461 e. The van der Waals surface area contributed by atoms with E-state index < -0.39 is 24.3 Å². The van der Waals surface area contributed by atoms with Crippen molar-refractivity contribution in [2.75, 3.05) is 11.4 Å². The van der Waals surface area contributed by atoms with Crippen molar-refractivity contribution in [1.29, 1.82) is 0 Å². The largest absolute Gasteiger partial charge is 0.461 e. The van der Waals surface area contributed by atoms with E-state index in [1.54, 1.807) is 24.3 Å². The van der Waals surface area contributed by atoms with Gasteiger partial charge < -0.3 is 9.64 Å². The molecule has 1 amide bonds. The van der Waals surface area contributed by atoms with Crippen molar-refractivity contribution in [1.82, 2.24) is 0 Å². The van der Waals surface area contributed by atoms with Gasteiger partial charge in [0.15, 0.2) is 0 Å². The van der Waals surface area contributed by atoms with E-state index in [4.69, 9.17) is 4.74 Å². The van der Waals surface area contributed by atoms with E-state index in [0.717, 1.165) is 4.90 Å². The summed E-state index contributed by atoms with van der Waals surface area (Å²) < 4.78 is 30.5. The minimum absolute atomic E-state index is 0.0408. The van der Waals surface area contributed by atoms with E-state index in [1.165, 1.54) is 6.92 Å². The summed E-state index contributed by atoms with van der Waals surface area (Å²) in [7, 11) is 0. The molecule has 6 heteroatoms. The van der Waals surface area contributed by atoms with Crippen LogP contribution >= 0.6 is 0 Å². The van der Waals surface area contributed by atoms with Crippen molar-refractivity contribution in [2.45, 2.75) is 19.5 Å². The molecule has 1 aliphatic heterocycles. The number of hydrogen-bond acceptors (Lipinski definition) is 3. The first-order valence-electron chi connectivity index (χ1n) is 5.33. The number of benzene rings is 1. The van der Waals surface area contributed by atoms with Gasteiger partial charge in [-0.2, -0.15) is 8.78 Å². The number of para-hydroxylation sites is 1. The zero-order valence-electron chi connectivity index (χ0n) is 9.65. The number of halogens is 2. The first kappa shape index (κ1) is 12.5. The van der Waals surface area contributed by atoms with Gasteiger partial charge in [-0.15, -0.1) is 0 Å². The van der Waals surface area contributed by atoms with E-state index in [9.17, 15) is 18.4 Å². The maximum Gasteiger partial charge on any atom is 0.342 e. The molecule has 1 aromatic carbocycles. The molecule has 0 unspecified atom stereocenters. The van der Waals surface area contributed by atoms with Crippen LogP contribution < -0.4 is 4.90 Å². The molecular weight excluding hydrogens is 244 g/mol. The molecule has 0 N–H and O–H groups in total. The Labute approximate surface area is 102 Å². The maximum atomic E-state index is 12.8. The van der Waals surface area contributed by atoms with Crippen molar-refractivity contribution < 1.29 is 23.1 Å². The summed E-state index contributed by atoms with van der Waals surface area (Å²) >= 11 is 0. The summed E-state index contributed by atoms with van der Waals surface area (Å²) in [5.74, 6) is -4.98. The molecule has 1 heterocycles. The van der Waals surface area contributed by atoms with Crippen LogP contribution in [-0.2, 0) is 20.9 Å². The van der Waals surface area contributed by atoms with Crippen molar-refractivity contribution >= 4 is 17.6 Å². The van der Waals surface area contributed by atoms with Gasteiger partial charge in [-0.1, -0.05) is 18.2 Å². The van der Waals surface area contributed by atoms with E-state index in [1.807, 2.05) is 0 Å².